The summed E-state index contributed by atoms with van der Waals surface area (Å²) in [5, 5.41) is 6.99. The summed E-state index contributed by atoms with van der Waals surface area (Å²) in [6.45, 7) is 0. The zero-order chi connectivity index (χ0) is 36.9. The zero-order valence-corrected chi connectivity index (χ0v) is 27.5. The van der Waals surface area contributed by atoms with E-state index in [0.717, 1.165) is 17.0 Å². The Morgan fingerprint density at radius 1 is 0.885 bits per heavy atom. The first kappa shape index (κ1) is 34.3. The molecule has 4 aromatic carbocycles. The zero-order valence-electron chi connectivity index (χ0n) is 26.8. The number of benzene rings is 4. The van der Waals surface area contributed by atoms with E-state index in [1.807, 2.05) is 0 Å². The molecule has 7 rings (SSSR count). The number of anilines is 2. The second-order valence-corrected chi connectivity index (χ2v) is 12.2. The van der Waals surface area contributed by atoms with E-state index in [-0.39, 0.29) is 57.0 Å². The average molecular weight is 732 g/mol. The number of aromatic nitrogens is 3. The average Bonchev–Trinajstić information content (AvgIpc) is 3.58. The molecule has 15 heteroatoms. The summed E-state index contributed by atoms with van der Waals surface area (Å²) < 4.78 is 77.3. The van der Waals surface area contributed by atoms with E-state index < -0.39 is 46.7 Å². The number of halogens is 6. The summed E-state index contributed by atoms with van der Waals surface area (Å²) >= 11 is 6.38. The third-order valence-electron chi connectivity index (χ3n) is 8.35. The van der Waals surface area contributed by atoms with E-state index in [9.17, 15) is 36.3 Å². The van der Waals surface area contributed by atoms with Gasteiger partial charge in [0.25, 0.3) is 17.7 Å². The van der Waals surface area contributed by atoms with Gasteiger partial charge in [0.05, 0.1) is 38.3 Å². The predicted octanol–water partition coefficient (Wildman–Crippen LogP) is 8.55. The molecule has 0 spiro atoms. The smallest absolute Gasteiger partial charge is 0.416 e. The summed E-state index contributed by atoms with van der Waals surface area (Å²) in [4.78, 5) is 46.4. The normalized spacial score (nSPS) is 12.8. The molecule has 0 bridgehead atoms. The van der Waals surface area contributed by atoms with Crippen molar-refractivity contribution in [3.63, 3.8) is 0 Å². The SMILES string of the molecule is Cn1nc(N2C(=O)c3ccccc3C2=O)c2c(Oc3cc(F)ccc3Cl)c(NC(=O)c3cc(F)cc(C(F)(F)F)c3)cc(CCc3ccccn3)c21. The maximum absolute atomic E-state index is 14.5. The van der Waals surface area contributed by atoms with Crippen molar-refractivity contribution in [3.05, 3.63) is 141 Å². The number of hydrogen-bond acceptors (Lipinski definition) is 6. The summed E-state index contributed by atoms with van der Waals surface area (Å²) in [5.41, 5.74) is -0.569. The Morgan fingerprint density at radius 3 is 2.27 bits per heavy atom. The third-order valence-corrected chi connectivity index (χ3v) is 8.66. The van der Waals surface area contributed by atoms with Crippen molar-refractivity contribution >= 4 is 51.7 Å². The first-order valence-corrected chi connectivity index (χ1v) is 15.9. The third kappa shape index (κ3) is 6.32. The lowest BCUT2D eigenvalue weighted by Gasteiger charge is -2.19. The van der Waals surface area contributed by atoms with Gasteiger partial charge in [-0.15, -0.1) is 0 Å². The van der Waals surface area contributed by atoms with E-state index in [1.165, 1.54) is 28.9 Å². The Hall–Kier alpha value is -6.15. The number of ether oxygens (including phenoxy) is 1. The number of alkyl halides is 3. The van der Waals surface area contributed by atoms with Crippen LogP contribution in [0.15, 0.2) is 91.1 Å². The maximum atomic E-state index is 14.5. The summed E-state index contributed by atoms with van der Waals surface area (Å²) in [7, 11) is 1.55. The molecule has 0 unspecified atom stereocenters. The van der Waals surface area contributed by atoms with Crippen molar-refractivity contribution in [1.29, 1.82) is 0 Å². The number of fused-ring (bicyclic) bond motifs is 2. The van der Waals surface area contributed by atoms with E-state index in [1.54, 1.807) is 43.6 Å². The first-order valence-electron chi connectivity index (χ1n) is 15.5. The second-order valence-electron chi connectivity index (χ2n) is 11.8. The van der Waals surface area contributed by atoms with Crippen molar-refractivity contribution in [2.75, 3.05) is 10.2 Å². The van der Waals surface area contributed by atoms with Gasteiger partial charge in [0, 0.05) is 30.6 Å². The van der Waals surface area contributed by atoms with Crippen LogP contribution in [0.4, 0.5) is 33.5 Å². The molecule has 3 heterocycles. The predicted molar refractivity (Wildman–Crippen MR) is 181 cm³/mol. The van der Waals surface area contributed by atoms with Gasteiger partial charge in [-0.1, -0.05) is 29.8 Å². The van der Waals surface area contributed by atoms with E-state index >= 15 is 0 Å². The molecule has 2 aromatic heterocycles. The Labute approximate surface area is 296 Å². The highest BCUT2D eigenvalue weighted by Crippen LogP contribution is 2.47. The van der Waals surface area contributed by atoms with Crippen LogP contribution in [0.25, 0.3) is 10.9 Å². The molecular formula is C37H23ClF5N5O4. The topological polar surface area (TPSA) is 106 Å². The lowest BCUT2D eigenvalue weighted by molar-refractivity contribution is -0.137. The number of imide groups is 1. The molecule has 9 nitrogen and oxygen atoms in total. The molecule has 6 aromatic rings. The van der Waals surface area contributed by atoms with E-state index in [4.69, 9.17) is 16.3 Å². The van der Waals surface area contributed by atoms with Crippen LogP contribution in [0.5, 0.6) is 11.5 Å². The minimum Gasteiger partial charge on any atom is -0.453 e. The van der Waals surface area contributed by atoms with Crippen molar-refractivity contribution in [3.8, 4) is 11.5 Å². The number of nitrogens with one attached hydrogen (secondary N) is 1. The van der Waals surface area contributed by atoms with Gasteiger partial charge in [0.15, 0.2) is 11.6 Å². The number of pyridine rings is 1. The number of nitrogens with zero attached hydrogens (tertiary/aromatic N) is 4. The summed E-state index contributed by atoms with van der Waals surface area (Å²) in [6.07, 6.45) is -2.77. The number of hydrogen-bond donors (Lipinski definition) is 1. The molecule has 1 aliphatic rings. The van der Waals surface area contributed by atoms with Gasteiger partial charge < -0.3 is 10.1 Å². The van der Waals surface area contributed by atoms with Crippen LogP contribution < -0.4 is 15.0 Å². The van der Waals surface area contributed by atoms with Crippen LogP contribution in [0.2, 0.25) is 5.02 Å². The van der Waals surface area contributed by atoms with Gasteiger partial charge in [-0.05, 0) is 79.1 Å². The molecule has 0 fully saturated rings. The second kappa shape index (κ2) is 13.2. The van der Waals surface area contributed by atoms with Crippen molar-refractivity contribution in [2.45, 2.75) is 19.0 Å². The number of aryl methyl sites for hydroxylation is 3. The van der Waals surface area contributed by atoms with Gasteiger partial charge in [-0.25, -0.2) is 13.7 Å². The van der Waals surface area contributed by atoms with Gasteiger partial charge in [-0.2, -0.15) is 18.3 Å². The van der Waals surface area contributed by atoms with Gasteiger partial charge in [0.2, 0.25) is 0 Å². The molecule has 0 saturated heterocycles. The fourth-order valence-corrected chi connectivity index (χ4v) is 6.17. The number of amides is 3. The van der Waals surface area contributed by atoms with Crippen LogP contribution in [-0.2, 0) is 26.1 Å². The van der Waals surface area contributed by atoms with Crippen molar-refractivity contribution < 1.29 is 41.1 Å². The van der Waals surface area contributed by atoms with Crippen LogP contribution in [-0.4, -0.2) is 32.5 Å². The highest BCUT2D eigenvalue weighted by molar-refractivity contribution is 6.36. The number of carbonyl (C=O) groups is 3. The van der Waals surface area contributed by atoms with Crippen LogP contribution in [0.3, 0.4) is 0 Å². The first-order chi connectivity index (χ1) is 24.8. The number of carbonyl (C=O) groups excluding carboxylic acids is 3. The highest BCUT2D eigenvalue weighted by atomic mass is 35.5. The maximum Gasteiger partial charge on any atom is 0.416 e. The monoisotopic (exact) mass is 731 g/mol. The molecule has 1 aliphatic heterocycles. The standard InChI is InChI=1S/C37H23ClF5N5O4/c1-47-31-19(9-11-24-6-4-5-13-44-24)16-28(45-34(49)20-14-21(37(41,42)43)17-23(40)15-20)32(52-29-18-22(39)10-12-27(29)38)30(31)33(46-47)48-35(50)25-7-2-3-8-26(25)36(48)51/h2-8,10,12-18H,9,11H2,1H3,(H,45,49). The lowest BCUT2D eigenvalue weighted by atomic mass is 10.0. The van der Waals surface area contributed by atoms with E-state index in [2.05, 4.69) is 15.4 Å². The van der Waals surface area contributed by atoms with Crippen molar-refractivity contribution in [2.24, 2.45) is 7.05 Å². The number of rotatable bonds is 8. The fourth-order valence-electron chi connectivity index (χ4n) is 6.01. The minimum atomic E-state index is -4.96. The van der Waals surface area contributed by atoms with Gasteiger partial charge >= 0.3 is 6.18 Å². The molecular weight excluding hydrogens is 709 g/mol. The fraction of sp³-hybridized carbons (Fsp3) is 0.108. The molecule has 0 radical (unpaired) electrons. The molecule has 0 atom stereocenters. The Bertz CT molecular complexity index is 2400. The summed E-state index contributed by atoms with van der Waals surface area (Å²) in [5.74, 6) is -5.40. The van der Waals surface area contributed by atoms with Gasteiger partial charge in [-0.3, -0.25) is 24.0 Å². The molecule has 0 aliphatic carbocycles. The molecule has 0 saturated carbocycles. The molecule has 52 heavy (non-hydrogen) atoms. The van der Waals surface area contributed by atoms with Crippen molar-refractivity contribution in [1.82, 2.24) is 14.8 Å². The largest absolute Gasteiger partial charge is 0.453 e. The van der Waals surface area contributed by atoms with E-state index in [0.29, 0.717) is 35.3 Å². The summed E-state index contributed by atoms with van der Waals surface area (Å²) in [6, 6.07) is 17.5. The van der Waals surface area contributed by atoms with Crippen LogP contribution in [0.1, 0.15) is 47.9 Å². The molecule has 262 valence electrons. The highest BCUT2D eigenvalue weighted by Gasteiger charge is 2.40. The lowest BCUT2D eigenvalue weighted by Crippen LogP contribution is -2.30. The van der Waals surface area contributed by atoms with Crippen LogP contribution >= 0.6 is 11.6 Å². The Kier molecular flexibility index (Phi) is 8.70. The Balaban J connectivity index is 1.47. The molecule has 3 amide bonds. The van der Waals surface area contributed by atoms with Crippen LogP contribution in [0, 0.1) is 11.6 Å². The quantitative estimate of drug-likeness (QED) is 0.124. The minimum absolute atomic E-state index is 0.00128. The van der Waals surface area contributed by atoms with Gasteiger partial charge in [0.1, 0.15) is 17.4 Å². The Morgan fingerprint density at radius 2 is 1.60 bits per heavy atom. The molecule has 1 N–H and O–H groups in total.